The normalized spacial score (nSPS) is 10.9. The first kappa shape index (κ1) is 18.4. The molecule has 2 aromatic carbocycles. The maximum absolute atomic E-state index is 12.5. The van der Waals surface area contributed by atoms with Crippen LogP contribution >= 0.6 is 0 Å². The maximum Gasteiger partial charge on any atom is 0.270 e. The SMILES string of the molecule is CCn1c(Cn2cccn2)nc2cc(NC(=O)c3cccc([N+](=O)[O-])c3)ccc21. The molecule has 0 saturated heterocycles. The van der Waals surface area contributed by atoms with Gasteiger partial charge in [-0.25, -0.2) is 4.98 Å². The predicted octanol–water partition coefficient (Wildman–Crippen LogP) is 3.46. The molecule has 2 aromatic heterocycles. The molecule has 9 nitrogen and oxygen atoms in total. The van der Waals surface area contributed by atoms with E-state index in [1.165, 1.54) is 24.3 Å². The fraction of sp³-hybridized carbons (Fsp3) is 0.150. The van der Waals surface area contributed by atoms with Crippen LogP contribution in [0, 0.1) is 10.1 Å². The molecule has 0 spiro atoms. The number of hydrogen-bond acceptors (Lipinski definition) is 5. The van der Waals surface area contributed by atoms with Gasteiger partial charge in [-0.2, -0.15) is 5.10 Å². The summed E-state index contributed by atoms with van der Waals surface area (Å²) in [5.41, 5.74) is 2.38. The van der Waals surface area contributed by atoms with Gasteiger partial charge in [0.25, 0.3) is 11.6 Å². The van der Waals surface area contributed by atoms with E-state index in [1.807, 2.05) is 25.3 Å². The fourth-order valence-electron chi connectivity index (χ4n) is 3.23. The molecule has 0 aliphatic heterocycles. The molecule has 9 heteroatoms. The molecule has 0 atom stereocenters. The second kappa shape index (κ2) is 7.55. The highest BCUT2D eigenvalue weighted by Crippen LogP contribution is 2.22. The van der Waals surface area contributed by atoms with Gasteiger partial charge in [0.1, 0.15) is 5.82 Å². The number of rotatable bonds is 6. The average molecular weight is 390 g/mol. The number of non-ortho nitro benzene ring substituents is 1. The molecular formula is C20H18N6O3. The maximum atomic E-state index is 12.5. The molecule has 1 N–H and O–H groups in total. The second-order valence-corrected chi connectivity index (χ2v) is 6.44. The van der Waals surface area contributed by atoms with Crippen LogP contribution in [0.4, 0.5) is 11.4 Å². The van der Waals surface area contributed by atoms with E-state index in [4.69, 9.17) is 4.98 Å². The Morgan fingerprint density at radius 3 is 2.79 bits per heavy atom. The highest BCUT2D eigenvalue weighted by atomic mass is 16.6. The van der Waals surface area contributed by atoms with Crippen LogP contribution in [0.5, 0.6) is 0 Å². The smallest absolute Gasteiger partial charge is 0.270 e. The van der Waals surface area contributed by atoms with Crippen molar-refractivity contribution in [3.8, 4) is 0 Å². The Bertz CT molecular complexity index is 1200. The summed E-state index contributed by atoms with van der Waals surface area (Å²) in [6.07, 6.45) is 3.60. The summed E-state index contributed by atoms with van der Waals surface area (Å²) in [6, 6.07) is 13.0. The number of nitrogens with one attached hydrogen (secondary N) is 1. The number of aromatic nitrogens is 4. The molecule has 4 rings (SSSR count). The third kappa shape index (κ3) is 3.70. The summed E-state index contributed by atoms with van der Waals surface area (Å²) in [5, 5.41) is 17.9. The summed E-state index contributed by atoms with van der Waals surface area (Å²) in [5.74, 6) is 0.452. The van der Waals surface area contributed by atoms with Crippen LogP contribution in [0.15, 0.2) is 60.9 Å². The minimum absolute atomic E-state index is 0.127. The van der Waals surface area contributed by atoms with Gasteiger partial charge in [-0.3, -0.25) is 19.6 Å². The lowest BCUT2D eigenvalue weighted by Crippen LogP contribution is -2.12. The van der Waals surface area contributed by atoms with Gasteiger partial charge in [0.2, 0.25) is 0 Å². The van der Waals surface area contributed by atoms with E-state index >= 15 is 0 Å². The highest BCUT2D eigenvalue weighted by molar-refractivity contribution is 6.05. The van der Waals surface area contributed by atoms with Crippen LogP contribution in [0.3, 0.4) is 0 Å². The number of anilines is 1. The van der Waals surface area contributed by atoms with Crippen molar-refractivity contribution >= 4 is 28.3 Å². The number of nitro groups is 1. The molecular weight excluding hydrogens is 372 g/mol. The van der Waals surface area contributed by atoms with E-state index in [2.05, 4.69) is 15.0 Å². The van der Waals surface area contributed by atoms with Gasteiger partial charge in [0.15, 0.2) is 0 Å². The van der Waals surface area contributed by atoms with E-state index < -0.39 is 10.8 Å². The Morgan fingerprint density at radius 2 is 2.07 bits per heavy atom. The Labute approximate surface area is 165 Å². The van der Waals surface area contributed by atoms with E-state index in [0.29, 0.717) is 12.2 Å². The van der Waals surface area contributed by atoms with Crippen molar-refractivity contribution < 1.29 is 9.72 Å². The Kier molecular flexibility index (Phi) is 4.78. The minimum Gasteiger partial charge on any atom is -0.327 e. The molecule has 0 saturated carbocycles. The van der Waals surface area contributed by atoms with Crippen LogP contribution in [0.25, 0.3) is 11.0 Å². The van der Waals surface area contributed by atoms with Gasteiger partial charge in [0.05, 0.1) is 22.5 Å². The number of benzene rings is 2. The number of aryl methyl sites for hydroxylation is 1. The van der Waals surface area contributed by atoms with E-state index in [9.17, 15) is 14.9 Å². The molecule has 0 radical (unpaired) electrons. The van der Waals surface area contributed by atoms with Gasteiger partial charge >= 0.3 is 0 Å². The Balaban J connectivity index is 1.61. The summed E-state index contributed by atoms with van der Waals surface area (Å²) in [4.78, 5) is 27.6. The number of carbonyl (C=O) groups is 1. The first-order valence-corrected chi connectivity index (χ1v) is 9.07. The van der Waals surface area contributed by atoms with Gasteiger partial charge in [-0.15, -0.1) is 0 Å². The van der Waals surface area contributed by atoms with Crippen molar-refractivity contribution in [1.29, 1.82) is 0 Å². The third-order valence-corrected chi connectivity index (χ3v) is 4.58. The minimum atomic E-state index is -0.526. The van der Waals surface area contributed by atoms with E-state index in [-0.39, 0.29) is 11.3 Å². The number of carbonyl (C=O) groups excluding carboxylic acids is 1. The number of nitro benzene ring substituents is 1. The number of amides is 1. The molecule has 0 aliphatic carbocycles. The summed E-state index contributed by atoms with van der Waals surface area (Å²) < 4.78 is 3.90. The number of imidazole rings is 1. The Hall–Kier alpha value is -4.01. The zero-order valence-electron chi connectivity index (χ0n) is 15.6. The number of nitrogens with zero attached hydrogens (tertiary/aromatic N) is 5. The van der Waals surface area contributed by atoms with Gasteiger partial charge in [-0.1, -0.05) is 6.07 Å². The average Bonchev–Trinajstić information content (AvgIpc) is 3.35. The lowest BCUT2D eigenvalue weighted by Gasteiger charge is -2.07. The molecule has 29 heavy (non-hydrogen) atoms. The number of fused-ring (bicyclic) bond motifs is 1. The zero-order valence-corrected chi connectivity index (χ0v) is 15.6. The summed E-state index contributed by atoms with van der Waals surface area (Å²) in [7, 11) is 0. The molecule has 0 unspecified atom stereocenters. The fourth-order valence-corrected chi connectivity index (χ4v) is 3.23. The van der Waals surface area contributed by atoms with Crippen LogP contribution in [-0.4, -0.2) is 30.2 Å². The first-order valence-electron chi connectivity index (χ1n) is 9.07. The van der Waals surface area contributed by atoms with Crippen molar-refractivity contribution in [1.82, 2.24) is 19.3 Å². The van der Waals surface area contributed by atoms with Crippen LogP contribution in [0.2, 0.25) is 0 Å². The van der Waals surface area contributed by atoms with Crippen molar-refractivity contribution in [2.24, 2.45) is 0 Å². The molecule has 1 amide bonds. The van der Waals surface area contributed by atoms with Gasteiger partial charge in [0, 0.05) is 42.3 Å². The number of hydrogen-bond donors (Lipinski definition) is 1. The molecule has 146 valence electrons. The van der Waals surface area contributed by atoms with Gasteiger partial charge < -0.3 is 9.88 Å². The third-order valence-electron chi connectivity index (χ3n) is 4.58. The monoisotopic (exact) mass is 390 g/mol. The van der Waals surface area contributed by atoms with Crippen LogP contribution in [-0.2, 0) is 13.1 Å². The largest absolute Gasteiger partial charge is 0.327 e. The standard InChI is InChI=1S/C20H18N6O3/c1-2-25-18-8-7-15(12-17(18)23-19(25)13-24-10-4-9-21-24)22-20(27)14-5-3-6-16(11-14)26(28)29/h3-12H,2,13H2,1H3,(H,22,27). The summed E-state index contributed by atoms with van der Waals surface area (Å²) >= 11 is 0. The van der Waals surface area contributed by atoms with Crippen molar-refractivity contribution in [3.63, 3.8) is 0 Å². The van der Waals surface area contributed by atoms with Crippen LogP contribution < -0.4 is 5.32 Å². The van der Waals surface area contributed by atoms with Crippen molar-refractivity contribution in [3.05, 3.63) is 82.4 Å². The van der Waals surface area contributed by atoms with E-state index in [1.54, 1.807) is 23.0 Å². The quantitative estimate of drug-likeness (QED) is 0.401. The topological polar surface area (TPSA) is 108 Å². The summed E-state index contributed by atoms with van der Waals surface area (Å²) in [6.45, 7) is 3.35. The van der Waals surface area contributed by atoms with Crippen molar-refractivity contribution in [2.45, 2.75) is 20.0 Å². The Morgan fingerprint density at radius 1 is 1.21 bits per heavy atom. The zero-order chi connectivity index (χ0) is 20.4. The highest BCUT2D eigenvalue weighted by Gasteiger charge is 2.14. The van der Waals surface area contributed by atoms with Crippen LogP contribution in [0.1, 0.15) is 23.1 Å². The molecule has 4 aromatic rings. The van der Waals surface area contributed by atoms with Gasteiger partial charge in [-0.05, 0) is 37.3 Å². The lowest BCUT2D eigenvalue weighted by atomic mass is 10.2. The lowest BCUT2D eigenvalue weighted by molar-refractivity contribution is -0.384. The molecule has 0 aliphatic rings. The second-order valence-electron chi connectivity index (χ2n) is 6.44. The first-order chi connectivity index (χ1) is 14.0. The molecule has 0 bridgehead atoms. The van der Waals surface area contributed by atoms with E-state index in [0.717, 1.165) is 23.4 Å². The molecule has 2 heterocycles. The predicted molar refractivity (Wildman–Crippen MR) is 108 cm³/mol. The van der Waals surface area contributed by atoms with Crippen molar-refractivity contribution in [2.75, 3.05) is 5.32 Å². The molecule has 0 fully saturated rings.